The van der Waals surface area contributed by atoms with Crippen molar-refractivity contribution in [3.8, 4) is 10.8 Å². The maximum atomic E-state index is 9.77. The third kappa shape index (κ3) is 4.00. The highest BCUT2D eigenvalue weighted by molar-refractivity contribution is 7.13. The molecule has 2 aromatic heterocycles. The Kier molecular flexibility index (Phi) is 4.79. The molecule has 0 bridgehead atoms. The lowest BCUT2D eigenvalue weighted by Crippen LogP contribution is -2.30. The molecule has 0 unspecified atom stereocenters. The van der Waals surface area contributed by atoms with Gasteiger partial charge in [-0.25, -0.2) is 4.98 Å². The Morgan fingerprint density at radius 3 is 2.65 bits per heavy atom. The van der Waals surface area contributed by atoms with Crippen molar-refractivity contribution in [2.24, 2.45) is 0 Å². The molecule has 120 valence electrons. The van der Waals surface area contributed by atoms with E-state index in [9.17, 15) is 5.11 Å². The van der Waals surface area contributed by atoms with E-state index in [1.165, 1.54) is 0 Å². The Bertz CT molecular complexity index is 749. The Labute approximate surface area is 140 Å². The van der Waals surface area contributed by atoms with Gasteiger partial charge in [-0.2, -0.15) is 0 Å². The van der Waals surface area contributed by atoms with Crippen molar-refractivity contribution in [3.05, 3.63) is 59.3 Å². The van der Waals surface area contributed by atoms with Gasteiger partial charge in [0.25, 0.3) is 0 Å². The molecule has 0 aliphatic heterocycles. The van der Waals surface area contributed by atoms with Crippen molar-refractivity contribution in [2.45, 2.75) is 26.5 Å². The average molecular weight is 328 g/mol. The van der Waals surface area contributed by atoms with E-state index in [4.69, 9.17) is 4.42 Å². The lowest BCUT2D eigenvalue weighted by atomic mass is 10.2. The van der Waals surface area contributed by atoms with Gasteiger partial charge in [0.15, 0.2) is 10.8 Å². The van der Waals surface area contributed by atoms with Crippen LogP contribution in [-0.4, -0.2) is 22.7 Å². The highest BCUT2D eigenvalue weighted by Gasteiger charge is 2.14. The first-order chi connectivity index (χ1) is 11.1. The van der Waals surface area contributed by atoms with E-state index in [0.29, 0.717) is 13.1 Å². The van der Waals surface area contributed by atoms with Crippen LogP contribution in [0.25, 0.3) is 10.8 Å². The van der Waals surface area contributed by atoms with E-state index in [0.717, 1.165) is 27.9 Å². The number of nitrogens with zero attached hydrogens (tertiary/aromatic N) is 2. The van der Waals surface area contributed by atoms with Crippen molar-refractivity contribution in [3.63, 3.8) is 0 Å². The summed E-state index contributed by atoms with van der Waals surface area (Å²) in [5.41, 5.74) is 2.06. The topological polar surface area (TPSA) is 49.5 Å². The highest BCUT2D eigenvalue weighted by Crippen LogP contribution is 2.27. The fraction of sp³-hybridized carbons (Fsp3) is 0.278. The summed E-state index contributed by atoms with van der Waals surface area (Å²) < 4.78 is 5.63. The molecule has 0 fully saturated rings. The molecule has 3 rings (SSSR count). The third-order valence-corrected chi connectivity index (χ3v) is 4.37. The Morgan fingerprint density at radius 1 is 1.22 bits per heavy atom. The van der Waals surface area contributed by atoms with Gasteiger partial charge in [-0.1, -0.05) is 18.2 Å². The molecule has 23 heavy (non-hydrogen) atoms. The Morgan fingerprint density at radius 2 is 2.00 bits per heavy atom. The average Bonchev–Trinajstić information content (AvgIpc) is 3.16. The van der Waals surface area contributed by atoms with E-state index >= 15 is 0 Å². The van der Waals surface area contributed by atoms with Crippen LogP contribution in [0.2, 0.25) is 0 Å². The van der Waals surface area contributed by atoms with Gasteiger partial charge in [-0.3, -0.25) is 0 Å². The number of benzene rings is 1. The summed E-state index contributed by atoms with van der Waals surface area (Å²) >= 11 is 1.58. The van der Waals surface area contributed by atoms with Crippen molar-refractivity contribution in [1.29, 1.82) is 0 Å². The van der Waals surface area contributed by atoms with Gasteiger partial charge in [-0.15, -0.1) is 11.3 Å². The monoisotopic (exact) mass is 328 g/mol. The van der Waals surface area contributed by atoms with E-state index in [-0.39, 0.29) is 0 Å². The zero-order chi connectivity index (χ0) is 16.2. The van der Waals surface area contributed by atoms with Crippen LogP contribution >= 0.6 is 11.3 Å². The molecule has 0 spiro atoms. The number of hydrogen-bond acceptors (Lipinski definition) is 5. The molecule has 1 atom stereocenters. The Balaban J connectivity index is 1.79. The van der Waals surface area contributed by atoms with E-state index in [2.05, 4.69) is 9.88 Å². The van der Waals surface area contributed by atoms with Crippen LogP contribution in [0.1, 0.15) is 18.4 Å². The molecule has 0 radical (unpaired) electrons. The second-order valence-electron chi connectivity index (χ2n) is 5.62. The van der Waals surface area contributed by atoms with Crippen molar-refractivity contribution < 1.29 is 9.52 Å². The highest BCUT2D eigenvalue weighted by atomic mass is 32.1. The summed E-state index contributed by atoms with van der Waals surface area (Å²) in [6.07, 6.45) is -0.402. The number of thiazole rings is 1. The summed E-state index contributed by atoms with van der Waals surface area (Å²) in [7, 11) is 0. The van der Waals surface area contributed by atoms with Crippen LogP contribution < -0.4 is 4.90 Å². The number of rotatable bonds is 6. The predicted molar refractivity (Wildman–Crippen MR) is 93.7 cm³/mol. The van der Waals surface area contributed by atoms with Crippen LogP contribution in [0.4, 0.5) is 5.69 Å². The molecule has 0 aliphatic rings. The van der Waals surface area contributed by atoms with Gasteiger partial charge in [-0.05, 0) is 38.1 Å². The standard InChI is InChI=1S/C18H20N2O2S/c1-13(21)10-20(16-6-4-3-5-7-16)11-15-12-23-18(19-15)17-9-8-14(2)22-17/h3-9,12-13,21H,10-11H2,1-2H3/t13-/m1/s1. The largest absolute Gasteiger partial charge is 0.459 e. The van der Waals surface area contributed by atoms with Gasteiger partial charge >= 0.3 is 0 Å². The SMILES string of the molecule is Cc1ccc(-c2nc(CN(C[C@@H](C)O)c3ccccc3)cs2)o1. The molecule has 2 heterocycles. The summed E-state index contributed by atoms with van der Waals surface area (Å²) in [4.78, 5) is 6.80. The quantitative estimate of drug-likeness (QED) is 0.740. The normalized spacial score (nSPS) is 12.3. The van der Waals surface area contributed by atoms with Crippen LogP contribution in [0.15, 0.2) is 52.3 Å². The molecule has 0 saturated carbocycles. The minimum Gasteiger partial charge on any atom is -0.459 e. The Hall–Kier alpha value is -2.11. The summed E-state index contributed by atoms with van der Waals surface area (Å²) in [6.45, 7) is 4.95. The van der Waals surface area contributed by atoms with Crippen LogP contribution in [0.3, 0.4) is 0 Å². The molecule has 1 aromatic carbocycles. The summed E-state index contributed by atoms with van der Waals surface area (Å²) in [5.74, 6) is 1.69. The van der Waals surface area contributed by atoms with Gasteiger partial charge < -0.3 is 14.4 Å². The minimum absolute atomic E-state index is 0.402. The lowest BCUT2D eigenvalue weighted by molar-refractivity contribution is 0.199. The summed E-state index contributed by atoms with van der Waals surface area (Å²) in [6, 6.07) is 14.0. The van der Waals surface area contributed by atoms with Crippen LogP contribution in [-0.2, 0) is 6.54 Å². The van der Waals surface area contributed by atoms with Crippen molar-refractivity contribution >= 4 is 17.0 Å². The van der Waals surface area contributed by atoms with E-state index in [1.807, 2.05) is 54.8 Å². The number of aromatic nitrogens is 1. The zero-order valence-corrected chi connectivity index (χ0v) is 14.1. The number of aryl methyl sites for hydroxylation is 1. The van der Waals surface area contributed by atoms with Crippen molar-refractivity contribution in [1.82, 2.24) is 4.98 Å². The molecule has 5 heteroatoms. The summed E-state index contributed by atoms with van der Waals surface area (Å²) in [5, 5.41) is 12.7. The fourth-order valence-electron chi connectivity index (χ4n) is 2.46. The number of aliphatic hydroxyl groups is 1. The second-order valence-corrected chi connectivity index (χ2v) is 6.48. The first-order valence-electron chi connectivity index (χ1n) is 7.61. The molecule has 0 amide bonds. The third-order valence-electron chi connectivity index (χ3n) is 3.46. The number of anilines is 1. The maximum absolute atomic E-state index is 9.77. The molecular formula is C18H20N2O2S. The van der Waals surface area contributed by atoms with Gasteiger partial charge in [0.1, 0.15) is 5.76 Å². The minimum atomic E-state index is -0.402. The lowest BCUT2D eigenvalue weighted by Gasteiger charge is -2.25. The maximum Gasteiger partial charge on any atom is 0.162 e. The number of hydrogen-bond donors (Lipinski definition) is 1. The number of para-hydroxylation sites is 1. The van der Waals surface area contributed by atoms with Gasteiger partial charge in [0, 0.05) is 17.6 Å². The van der Waals surface area contributed by atoms with Gasteiger partial charge in [0.2, 0.25) is 0 Å². The molecule has 3 aromatic rings. The smallest absolute Gasteiger partial charge is 0.162 e. The van der Waals surface area contributed by atoms with Gasteiger partial charge in [0.05, 0.1) is 18.3 Å². The van der Waals surface area contributed by atoms with E-state index in [1.54, 1.807) is 18.3 Å². The fourth-order valence-corrected chi connectivity index (χ4v) is 3.23. The van der Waals surface area contributed by atoms with Crippen LogP contribution in [0.5, 0.6) is 0 Å². The molecular weight excluding hydrogens is 308 g/mol. The first kappa shape index (κ1) is 15.8. The number of aliphatic hydroxyl groups excluding tert-OH is 1. The molecule has 4 nitrogen and oxygen atoms in total. The van der Waals surface area contributed by atoms with E-state index < -0.39 is 6.10 Å². The van der Waals surface area contributed by atoms with Crippen LogP contribution in [0, 0.1) is 6.92 Å². The molecule has 1 N–H and O–H groups in total. The molecule has 0 saturated heterocycles. The number of furan rings is 1. The van der Waals surface area contributed by atoms with Crippen molar-refractivity contribution in [2.75, 3.05) is 11.4 Å². The molecule has 0 aliphatic carbocycles. The predicted octanol–water partition coefficient (Wildman–Crippen LogP) is 4.10. The second kappa shape index (κ2) is 6.98. The first-order valence-corrected chi connectivity index (χ1v) is 8.49. The zero-order valence-electron chi connectivity index (χ0n) is 13.3.